The minimum atomic E-state index is 1.15. The molecule has 0 heterocycles. The Bertz CT molecular complexity index is 170. The second kappa shape index (κ2) is 3.87. The van der Waals surface area contributed by atoms with E-state index in [-0.39, 0.29) is 0 Å². The molecule has 3 rings (SSSR count). The van der Waals surface area contributed by atoms with E-state index in [0.29, 0.717) is 0 Å². The predicted molar refractivity (Wildman–Crippen MR) is 60.1 cm³/mol. The zero-order chi connectivity index (χ0) is 9.38. The van der Waals surface area contributed by atoms with Crippen LogP contribution in [0.3, 0.4) is 0 Å². The van der Waals surface area contributed by atoms with Crippen LogP contribution < -0.4 is 0 Å². The molecule has 0 unspecified atom stereocenters. The van der Waals surface area contributed by atoms with Crippen LogP contribution >= 0.6 is 0 Å². The van der Waals surface area contributed by atoms with Crippen LogP contribution in [0.4, 0.5) is 0 Å². The normalized spacial score (nSPS) is 29.8. The van der Waals surface area contributed by atoms with E-state index < -0.39 is 0 Å². The first-order chi connectivity index (χ1) is 6.93. The van der Waals surface area contributed by atoms with Crippen LogP contribution in [0.2, 0.25) is 0 Å². The second-order valence-corrected chi connectivity index (χ2v) is 6.08. The molecule has 3 aliphatic rings. The summed E-state index contributed by atoms with van der Waals surface area (Å²) in [5.41, 5.74) is 0. The summed E-state index contributed by atoms with van der Waals surface area (Å²) in [6.07, 6.45) is 15.7. The van der Waals surface area contributed by atoms with Crippen molar-refractivity contribution in [1.29, 1.82) is 0 Å². The monoisotopic (exact) mass is 192 g/mol. The Hall–Kier alpha value is 0. The maximum Gasteiger partial charge on any atom is -0.0355 e. The molecule has 14 heavy (non-hydrogen) atoms. The summed E-state index contributed by atoms with van der Waals surface area (Å²) in [7, 11) is 0. The Morgan fingerprint density at radius 2 is 1.21 bits per heavy atom. The second-order valence-electron chi connectivity index (χ2n) is 6.08. The minimum Gasteiger partial charge on any atom is -0.0528 e. The molecule has 0 heteroatoms. The van der Waals surface area contributed by atoms with Crippen LogP contribution in [-0.4, -0.2) is 0 Å². The molecule has 0 nitrogen and oxygen atoms in total. The molecule has 0 atom stereocenters. The summed E-state index contributed by atoms with van der Waals surface area (Å²) >= 11 is 0. The fourth-order valence-corrected chi connectivity index (χ4v) is 3.62. The lowest BCUT2D eigenvalue weighted by Gasteiger charge is -2.45. The molecule has 0 aliphatic heterocycles. The molecule has 0 aromatic rings. The molecule has 0 aromatic heterocycles. The molecule has 0 bridgehead atoms. The van der Waals surface area contributed by atoms with Crippen LogP contribution in [0, 0.1) is 23.7 Å². The zero-order valence-electron chi connectivity index (χ0n) is 9.38. The molecule has 0 radical (unpaired) electrons. The fraction of sp³-hybridized carbons (Fsp3) is 1.00. The Morgan fingerprint density at radius 3 is 1.50 bits per heavy atom. The van der Waals surface area contributed by atoms with Crippen molar-refractivity contribution in [2.45, 2.75) is 64.2 Å². The highest BCUT2D eigenvalue weighted by molar-refractivity contribution is 4.88. The summed E-state index contributed by atoms with van der Waals surface area (Å²) in [6.45, 7) is 0. The van der Waals surface area contributed by atoms with E-state index in [9.17, 15) is 0 Å². The van der Waals surface area contributed by atoms with Gasteiger partial charge in [-0.15, -0.1) is 0 Å². The highest BCUT2D eigenvalue weighted by Crippen LogP contribution is 2.49. The van der Waals surface area contributed by atoms with Crippen molar-refractivity contribution in [2.75, 3.05) is 0 Å². The van der Waals surface area contributed by atoms with Crippen LogP contribution in [-0.2, 0) is 0 Å². The lowest BCUT2D eigenvalue weighted by Crippen LogP contribution is -2.34. The molecule has 3 aliphatic carbocycles. The van der Waals surface area contributed by atoms with E-state index in [1.807, 2.05) is 0 Å². The molecule has 0 N–H and O–H groups in total. The summed E-state index contributed by atoms with van der Waals surface area (Å²) in [5, 5.41) is 0. The standard InChI is InChI=1S/C14H24/c1-4-11(5-1)10-14(12-6-2-7-12)13-8-3-9-13/h11-14H,1-10H2. The van der Waals surface area contributed by atoms with Crippen molar-refractivity contribution in [1.82, 2.24) is 0 Å². The van der Waals surface area contributed by atoms with E-state index in [2.05, 4.69) is 0 Å². The SMILES string of the molecule is C1CC(CC(C2CCC2)C2CCC2)C1. The maximum atomic E-state index is 1.62. The van der Waals surface area contributed by atoms with Gasteiger partial charge in [-0.3, -0.25) is 0 Å². The summed E-state index contributed by atoms with van der Waals surface area (Å²) in [4.78, 5) is 0. The van der Waals surface area contributed by atoms with Crippen molar-refractivity contribution in [3.63, 3.8) is 0 Å². The smallest absolute Gasteiger partial charge is 0.0355 e. The van der Waals surface area contributed by atoms with Gasteiger partial charge in [0.25, 0.3) is 0 Å². The van der Waals surface area contributed by atoms with Gasteiger partial charge in [0.15, 0.2) is 0 Å². The van der Waals surface area contributed by atoms with Gasteiger partial charge < -0.3 is 0 Å². The number of rotatable bonds is 4. The highest BCUT2D eigenvalue weighted by Gasteiger charge is 2.37. The molecular weight excluding hydrogens is 168 g/mol. The largest absolute Gasteiger partial charge is 0.0528 e. The maximum absolute atomic E-state index is 1.62. The van der Waals surface area contributed by atoms with E-state index in [1.165, 1.54) is 24.2 Å². The Balaban J connectivity index is 1.55. The number of hydrogen-bond acceptors (Lipinski definition) is 0. The van der Waals surface area contributed by atoms with Crippen LogP contribution in [0.25, 0.3) is 0 Å². The quantitative estimate of drug-likeness (QED) is 0.619. The van der Waals surface area contributed by atoms with Gasteiger partial charge in [-0.25, -0.2) is 0 Å². The molecule has 0 aromatic carbocycles. The van der Waals surface area contributed by atoms with E-state index in [0.717, 1.165) is 5.92 Å². The molecule has 0 spiro atoms. The highest BCUT2D eigenvalue weighted by atomic mass is 14.4. The van der Waals surface area contributed by atoms with Gasteiger partial charge in [0.05, 0.1) is 0 Å². The lowest BCUT2D eigenvalue weighted by molar-refractivity contribution is 0.0581. The first kappa shape index (κ1) is 9.24. The van der Waals surface area contributed by atoms with Gasteiger partial charge in [-0.1, -0.05) is 57.8 Å². The summed E-state index contributed by atoms with van der Waals surface area (Å²) in [5.74, 6) is 4.66. The van der Waals surface area contributed by atoms with Gasteiger partial charge in [0.2, 0.25) is 0 Å². The zero-order valence-corrected chi connectivity index (χ0v) is 9.38. The average molecular weight is 192 g/mol. The summed E-state index contributed by atoms with van der Waals surface area (Å²) < 4.78 is 0. The van der Waals surface area contributed by atoms with Crippen molar-refractivity contribution < 1.29 is 0 Å². The van der Waals surface area contributed by atoms with Crippen LogP contribution in [0.1, 0.15) is 64.2 Å². The molecule has 0 saturated heterocycles. The van der Waals surface area contributed by atoms with E-state index in [1.54, 1.807) is 57.8 Å². The molecular formula is C14H24. The molecule has 3 fully saturated rings. The molecule has 3 saturated carbocycles. The minimum absolute atomic E-state index is 1.15. The van der Waals surface area contributed by atoms with Gasteiger partial charge >= 0.3 is 0 Å². The Labute approximate surface area is 88.5 Å². The first-order valence-electron chi connectivity index (χ1n) is 6.93. The van der Waals surface area contributed by atoms with E-state index >= 15 is 0 Å². The van der Waals surface area contributed by atoms with Crippen LogP contribution in [0.5, 0.6) is 0 Å². The van der Waals surface area contributed by atoms with Crippen molar-refractivity contribution in [3.05, 3.63) is 0 Å². The van der Waals surface area contributed by atoms with Gasteiger partial charge in [-0.05, 0) is 30.1 Å². The first-order valence-corrected chi connectivity index (χ1v) is 6.93. The van der Waals surface area contributed by atoms with Crippen molar-refractivity contribution in [2.24, 2.45) is 23.7 Å². The van der Waals surface area contributed by atoms with Gasteiger partial charge in [0, 0.05) is 0 Å². The van der Waals surface area contributed by atoms with Crippen molar-refractivity contribution >= 4 is 0 Å². The third kappa shape index (κ3) is 1.61. The van der Waals surface area contributed by atoms with Gasteiger partial charge in [0.1, 0.15) is 0 Å². The Kier molecular flexibility index (Phi) is 2.55. The van der Waals surface area contributed by atoms with Gasteiger partial charge in [-0.2, -0.15) is 0 Å². The third-order valence-corrected chi connectivity index (χ3v) is 5.34. The topological polar surface area (TPSA) is 0 Å². The van der Waals surface area contributed by atoms with Crippen LogP contribution in [0.15, 0.2) is 0 Å². The van der Waals surface area contributed by atoms with Crippen molar-refractivity contribution in [3.8, 4) is 0 Å². The predicted octanol–water partition coefficient (Wildman–Crippen LogP) is 4.39. The Morgan fingerprint density at radius 1 is 0.714 bits per heavy atom. The average Bonchev–Trinajstić information content (AvgIpc) is 1.88. The molecule has 80 valence electrons. The fourth-order valence-electron chi connectivity index (χ4n) is 3.62. The third-order valence-electron chi connectivity index (χ3n) is 5.34. The molecule has 0 amide bonds. The summed E-state index contributed by atoms with van der Waals surface area (Å²) in [6, 6.07) is 0. The van der Waals surface area contributed by atoms with E-state index in [4.69, 9.17) is 0 Å². The lowest BCUT2D eigenvalue weighted by atomic mass is 9.60. The number of hydrogen-bond donors (Lipinski definition) is 0.